The summed E-state index contributed by atoms with van der Waals surface area (Å²) in [5.74, 6) is -3.73. The fourth-order valence-electron chi connectivity index (χ4n) is 1.87. The summed E-state index contributed by atoms with van der Waals surface area (Å²) in [5, 5.41) is 9.23. The Bertz CT molecular complexity index is 649. The zero-order valence-electron chi connectivity index (χ0n) is 10.2. The number of carboxylic acid groups (broad SMARTS) is 1. The molecule has 104 valence electrons. The molecule has 0 aliphatic rings. The molecule has 0 aliphatic heterocycles. The van der Waals surface area contributed by atoms with E-state index in [9.17, 15) is 18.7 Å². The van der Waals surface area contributed by atoms with E-state index in [1.165, 1.54) is 24.4 Å². The Morgan fingerprint density at radius 3 is 2.60 bits per heavy atom. The van der Waals surface area contributed by atoms with Gasteiger partial charge in [0.05, 0.1) is 5.69 Å². The third-order valence-corrected chi connectivity index (χ3v) is 3.28. The van der Waals surface area contributed by atoms with Crippen molar-refractivity contribution in [3.8, 4) is 0 Å². The first-order valence-electron chi connectivity index (χ1n) is 5.76. The summed E-state index contributed by atoms with van der Waals surface area (Å²) in [5.41, 5.74) is 0.00738. The van der Waals surface area contributed by atoms with Gasteiger partial charge in [0.1, 0.15) is 17.6 Å². The predicted octanol–water partition coefficient (Wildman–Crippen LogP) is 3.53. The van der Waals surface area contributed by atoms with E-state index in [-0.39, 0.29) is 17.7 Å². The van der Waals surface area contributed by atoms with Crippen LogP contribution in [0.4, 0.5) is 8.78 Å². The van der Waals surface area contributed by atoms with Crippen molar-refractivity contribution in [1.82, 2.24) is 4.98 Å². The van der Waals surface area contributed by atoms with Crippen molar-refractivity contribution in [2.45, 2.75) is 12.3 Å². The second-order valence-electron chi connectivity index (χ2n) is 4.21. The molecule has 0 bridgehead atoms. The smallest absolute Gasteiger partial charge is 0.313 e. The van der Waals surface area contributed by atoms with Crippen molar-refractivity contribution in [1.29, 1.82) is 0 Å². The van der Waals surface area contributed by atoms with Gasteiger partial charge in [-0.25, -0.2) is 8.78 Å². The van der Waals surface area contributed by atoms with Crippen LogP contribution in [0.5, 0.6) is 0 Å². The molecule has 0 aliphatic carbocycles. The molecule has 6 heteroatoms. The molecule has 0 saturated heterocycles. The van der Waals surface area contributed by atoms with Crippen LogP contribution >= 0.6 is 15.9 Å². The summed E-state index contributed by atoms with van der Waals surface area (Å²) < 4.78 is 27.8. The predicted molar refractivity (Wildman–Crippen MR) is 72.4 cm³/mol. The van der Waals surface area contributed by atoms with Crippen LogP contribution in [0.25, 0.3) is 0 Å². The van der Waals surface area contributed by atoms with Gasteiger partial charge in [0.15, 0.2) is 0 Å². The van der Waals surface area contributed by atoms with Crippen molar-refractivity contribution in [2.75, 3.05) is 0 Å². The van der Waals surface area contributed by atoms with Crippen molar-refractivity contribution in [3.63, 3.8) is 0 Å². The molecule has 2 aromatic rings. The minimum Gasteiger partial charge on any atom is -0.481 e. The average molecular weight is 342 g/mol. The molecular weight excluding hydrogens is 332 g/mol. The topological polar surface area (TPSA) is 50.2 Å². The average Bonchev–Trinajstić information content (AvgIpc) is 2.38. The number of aliphatic carboxylic acids is 1. The molecule has 0 amide bonds. The molecule has 0 saturated carbocycles. The van der Waals surface area contributed by atoms with Gasteiger partial charge in [-0.05, 0) is 40.0 Å². The Hall–Kier alpha value is -1.82. The van der Waals surface area contributed by atoms with E-state index in [0.717, 1.165) is 6.07 Å². The minimum absolute atomic E-state index is 0.159. The number of hydrogen-bond acceptors (Lipinski definition) is 2. The highest BCUT2D eigenvalue weighted by Gasteiger charge is 2.26. The summed E-state index contributed by atoms with van der Waals surface area (Å²) in [7, 11) is 0. The van der Waals surface area contributed by atoms with Crippen LogP contribution in [0.15, 0.2) is 41.0 Å². The molecular formula is C14H10BrF2NO2. The Balaban J connectivity index is 2.37. The molecule has 0 fully saturated rings. The number of halogens is 3. The van der Waals surface area contributed by atoms with Crippen molar-refractivity contribution in [3.05, 3.63) is 63.9 Å². The second kappa shape index (κ2) is 6.09. The maximum Gasteiger partial charge on any atom is 0.313 e. The molecule has 0 radical (unpaired) electrons. The summed E-state index contributed by atoms with van der Waals surface area (Å²) in [6, 6.07) is 6.96. The lowest BCUT2D eigenvalue weighted by Gasteiger charge is -2.13. The normalized spacial score (nSPS) is 12.2. The fourth-order valence-corrected chi connectivity index (χ4v) is 2.17. The number of hydrogen-bond donors (Lipinski definition) is 1. The highest BCUT2D eigenvalue weighted by atomic mass is 79.9. The van der Waals surface area contributed by atoms with Crippen LogP contribution in [0.2, 0.25) is 0 Å². The highest BCUT2D eigenvalue weighted by molar-refractivity contribution is 9.10. The zero-order valence-corrected chi connectivity index (χ0v) is 11.8. The van der Waals surface area contributed by atoms with Gasteiger partial charge >= 0.3 is 5.97 Å². The Morgan fingerprint density at radius 1 is 1.30 bits per heavy atom. The Labute approximate surface area is 122 Å². The highest BCUT2D eigenvalue weighted by Crippen LogP contribution is 2.25. The van der Waals surface area contributed by atoms with Crippen LogP contribution in [0.3, 0.4) is 0 Å². The van der Waals surface area contributed by atoms with Gasteiger partial charge in [-0.15, -0.1) is 0 Å². The van der Waals surface area contributed by atoms with E-state index in [4.69, 9.17) is 0 Å². The summed E-state index contributed by atoms with van der Waals surface area (Å²) in [6.07, 6.45) is 1.16. The van der Waals surface area contributed by atoms with Crippen molar-refractivity contribution >= 4 is 21.9 Å². The third kappa shape index (κ3) is 3.19. The fraction of sp³-hybridized carbons (Fsp3) is 0.143. The number of benzene rings is 1. The van der Waals surface area contributed by atoms with Crippen LogP contribution in [-0.4, -0.2) is 16.1 Å². The summed E-state index contributed by atoms with van der Waals surface area (Å²) in [4.78, 5) is 15.1. The number of nitrogens with zero attached hydrogens (tertiary/aromatic N) is 1. The third-order valence-electron chi connectivity index (χ3n) is 2.85. The van der Waals surface area contributed by atoms with Gasteiger partial charge < -0.3 is 5.11 Å². The van der Waals surface area contributed by atoms with Gasteiger partial charge in [0.25, 0.3) is 0 Å². The first kappa shape index (κ1) is 14.6. The quantitative estimate of drug-likeness (QED) is 0.925. The van der Waals surface area contributed by atoms with E-state index < -0.39 is 23.5 Å². The first-order valence-corrected chi connectivity index (χ1v) is 6.55. The molecule has 1 heterocycles. The molecule has 1 atom stereocenters. The number of aromatic nitrogens is 1. The number of pyridine rings is 1. The van der Waals surface area contributed by atoms with Gasteiger partial charge in [0, 0.05) is 10.7 Å². The zero-order chi connectivity index (χ0) is 14.7. The second-order valence-corrected chi connectivity index (χ2v) is 5.12. The van der Waals surface area contributed by atoms with Gasteiger partial charge in [-0.3, -0.25) is 9.78 Å². The monoisotopic (exact) mass is 341 g/mol. The summed E-state index contributed by atoms with van der Waals surface area (Å²) in [6.45, 7) is 0. The van der Waals surface area contributed by atoms with Crippen LogP contribution in [0.1, 0.15) is 17.2 Å². The van der Waals surface area contributed by atoms with Crippen LogP contribution in [-0.2, 0) is 11.2 Å². The Morgan fingerprint density at radius 2 is 2.00 bits per heavy atom. The van der Waals surface area contributed by atoms with E-state index in [2.05, 4.69) is 20.9 Å². The van der Waals surface area contributed by atoms with Gasteiger partial charge in [-0.2, -0.15) is 0 Å². The number of carboxylic acids is 1. The lowest BCUT2D eigenvalue weighted by molar-refractivity contribution is -0.138. The van der Waals surface area contributed by atoms with E-state index >= 15 is 0 Å². The van der Waals surface area contributed by atoms with Crippen LogP contribution in [0, 0.1) is 11.6 Å². The maximum atomic E-state index is 13.8. The molecule has 0 spiro atoms. The molecule has 20 heavy (non-hydrogen) atoms. The van der Waals surface area contributed by atoms with Gasteiger partial charge in [-0.1, -0.05) is 18.2 Å². The lowest BCUT2D eigenvalue weighted by Crippen LogP contribution is -2.18. The first-order chi connectivity index (χ1) is 9.49. The minimum atomic E-state index is -1.25. The SMILES string of the molecule is O=C(O)C(Cc1ccccc1F)c1ncc(Br)cc1F. The maximum absolute atomic E-state index is 13.8. The van der Waals surface area contributed by atoms with Crippen LogP contribution < -0.4 is 0 Å². The van der Waals surface area contributed by atoms with E-state index in [1.54, 1.807) is 6.07 Å². The van der Waals surface area contributed by atoms with Gasteiger partial charge in [0.2, 0.25) is 0 Å². The molecule has 1 N–H and O–H groups in total. The lowest BCUT2D eigenvalue weighted by atomic mass is 9.95. The summed E-state index contributed by atoms with van der Waals surface area (Å²) >= 11 is 3.05. The Kier molecular flexibility index (Phi) is 4.44. The molecule has 1 aromatic carbocycles. The largest absolute Gasteiger partial charge is 0.481 e. The van der Waals surface area contributed by atoms with Crippen molar-refractivity contribution in [2.24, 2.45) is 0 Å². The molecule has 1 unspecified atom stereocenters. The van der Waals surface area contributed by atoms with E-state index in [1.807, 2.05) is 0 Å². The molecule has 2 rings (SSSR count). The number of rotatable bonds is 4. The molecule has 1 aromatic heterocycles. The number of carbonyl (C=O) groups is 1. The van der Waals surface area contributed by atoms with E-state index in [0.29, 0.717) is 4.47 Å². The van der Waals surface area contributed by atoms with Crippen molar-refractivity contribution < 1.29 is 18.7 Å². The molecule has 3 nitrogen and oxygen atoms in total. The standard InChI is InChI=1S/C14H10BrF2NO2/c15-9-6-12(17)13(18-7-9)10(14(19)20)5-8-3-1-2-4-11(8)16/h1-4,6-7,10H,5H2,(H,19,20).